The molecule has 0 aliphatic carbocycles. The van der Waals surface area contributed by atoms with E-state index in [2.05, 4.69) is 86.5 Å². The average Bonchev–Trinajstić information content (AvgIpc) is 2.85. The van der Waals surface area contributed by atoms with Gasteiger partial charge in [-0.1, -0.05) is 43.7 Å². The van der Waals surface area contributed by atoms with Gasteiger partial charge >= 0.3 is 0 Å². The van der Waals surface area contributed by atoms with Crippen molar-refractivity contribution in [2.24, 2.45) is 12.0 Å². The maximum atomic E-state index is 4.51. The van der Waals surface area contributed by atoms with Crippen molar-refractivity contribution in [1.29, 1.82) is 0 Å². The van der Waals surface area contributed by atoms with Gasteiger partial charge in [0, 0.05) is 37.8 Å². The summed E-state index contributed by atoms with van der Waals surface area (Å²) in [7, 11) is 3.82. The maximum absolute atomic E-state index is 4.51. The smallest absolute Gasteiger partial charge is 0.191 e. The molecule has 0 fully saturated rings. The highest BCUT2D eigenvalue weighted by molar-refractivity contribution is 5.80. The minimum absolute atomic E-state index is 0.0189. The molecule has 0 radical (unpaired) electrons. The molecule has 0 amide bonds. The average molecular weight is 370 g/mol. The van der Waals surface area contributed by atoms with Gasteiger partial charge in [-0.15, -0.1) is 0 Å². The van der Waals surface area contributed by atoms with Crippen LogP contribution in [0, 0.1) is 20.8 Å². The number of guanidine groups is 1. The summed E-state index contributed by atoms with van der Waals surface area (Å²) in [6.07, 6.45) is 0.924. The van der Waals surface area contributed by atoms with Gasteiger partial charge in [-0.25, -0.2) is 0 Å². The number of benzene rings is 1. The Labute approximate surface area is 164 Å². The van der Waals surface area contributed by atoms with Crippen LogP contribution in [0.3, 0.4) is 0 Å². The quantitative estimate of drug-likeness (QED) is 0.606. The Morgan fingerprint density at radius 1 is 1.19 bits per heavy atom. The standard InChI is InChI=1S/C22H35N5/c1-15-9-11-19(12-10-15)22(5,6)14-24-21(23-7)25-16(2)13-20-17(3)26-27(8)18(20)4/h9-12,16H,13-14H2,1-8H3,(H2,23,24,25). The molecule has 148 valence electrons. The van der Waals surface area contributed by atoms with Crippen LogP contribution >= 0.6 is 0 Å². The van der Waals surface area contributed by atoms with Crippen molar-refractivity contribution < 1.29 is 0 Å². The number of aryl methyl sites for hydroxylation is 3. The maximum Gasteiger partial charge on any atom is 0.191 e. The van der Waals surface area contributed by atoms with Gasteiger partial charge < -0.3 is 10.6 Å². The SMILES string of the molecule is CN=C(NCC(C)(C)c1ccc(C)cc1)NC(C)Cc1c(C)nn(C)c1C. The number of hydrogen-bond acceptors (Lipinski definition) is 2. The van der Waals surface area contributed by atoms with Gasteiger partial charge in [-0.2, -0.15) is 5.10 Å². The van der Waals surface area contributed by atoms with Crippen LogP contribution in [0.4, 0.5) is 0 Å². The Morgan fingerprint density at radius 2 is 1.81 bits per heavy atom. The first-order valence-corrected chi connectivity index (χ1v) is 9.67. The van der Waals surface area contributed by atoms with E-state index in [9.17, 15) is 0 Å². The van der Waals surface area contributed by atoms with Crippen LogP contribution in [0.5, 0.6) is 0 Å². The first-order valence-electron chi connectivity index (χ1n) is 9.67. The van der Waals surface area contributed by atoms with Gasteiger partial charge in [0.05, 0.1) is 5.69 Å². The highest BCUT2D eigenvalue weighted by Gasteiger charge is 2.21. The number of aliphatic imine (C=N–C) groups is 1. The second-order valence-electron chi connectivity index (χ2n) is 8.20. The van der Waals surface area contributed by atoms with Crippen LogP contribution in [-0.4, -0.2) is 35.4 Å². The van der Waals surface area contributed by atoms with E-state index < -0.39 is 0 Å². The lowest BCUT2D eigenvalue weighted by atomic mass is 9.84. The van der Waals surface area contributed by atoms with Gasteiger partial charge in [0.15, 0.2) is 5.96 Å². The Bertz CT molecular complexity index is 784. The van der Waals surface area contributed by atoms with E-state index in [1.54, 1.807) is 0 Å². The van der Waals surface area contributed by atoms with E-state index in [-0.39, 0.29) is 11.5 Å². The summed E-state index contributed by atoms with van der Waals surface area (Å²) in [4.78, 5) is 4.40. The zero-order valence-electron chi connectivity index (χ0n) is 18.1. The molecule has 0 aliphatic heterocycles. The normalized spacial score (nSPS) is 13.6. The molecule has 1 aromatic carbocycles. The molecule has 5 nitrogen and oxygen atoms in total. The van der Waals surface area contributed by atoms with E-state index in [0.717, 1.165) is 24.6 Å². The summed E-state index contributed by atoms with van der Waals surface area (Å²) in [6.45, 7) is 13.8. The molecule has 1 unspecified atom stereocenters. The molecule has 2 rings (SSSR count). The van der Waals surface area contributed by atoms with Crippen LogP contribution in [-0.2, 0) is 18.9 Å². The fourth-order valence-electron chi connectivity index (χ4n) is 3.31. The van der Waals surface area contributed by atoms with Crippen LogP contribution in [0.25, 0.3) is 0 Å². The molecule has 0 bridgehead atoms. The Kier molecular flexibility index (Phi) is 6.68. The number of aromatic nitrogens is 2. The molecule has 0 saturated carbocycles. The summed E-state index contributed by atoms with van der Waals surface area (Å²) in [5.74, 6) is 0.835. The van der Waals surface area contributed by atoms with Crippen molar-refractivity contribution in [3.8, 4) is 0 Å². The fourth-order valence-corrected chi connectivity index (χ4v) is 3.31. The largest absolute Gasteiger partial charge is 0.356 e. The van der Waals surface area contributed by atoms with Crippen molar-refractivity contribution in [2.75, 3.05) is 13.6 Å². The molecule has 0 saturated heterocycles. The second-order valence-corrected chi connectivity index (χ2v) is 8.20. The zero-order chi connectivity index (χ0) is 20.2. The van der Waals surface area contributed by atoms with Crippen molar-refractivity contribution in [1.82, 2.24) is 20.4 Å². The molecule has 0 spiro atoms. The summed E-state index contributed by atoms with van der Waals surface area (Å²) in [5.41, 5.74) is 6.27. The van der Waals surface area contributed by atoms with Gasteiger partial charge in [0.1, 0.15) is 0 Å². The van der Waals surface area contributed by atoms with E-state index >= 15 is 0 Å². The lowest BCUT2D eigenvalue weighted by Gasteiger charge is -2.28. The number of hydrogen-bond donors (Lipinski definition) is 2. The Morgan fingerprint density at radius 3 is 2.33 bits per heavy atom. The lowest BCUT2D eigenvalue weighted by Crippen LogP contribution is -2.47. The van der Waals surface area contributed by atoms with Gasteiger partial charge in [-0.05, 0) is 45.2 Å². The topological polar surface area (TPSA) is 54.2 Å². The second kappa shape index (κ2) is 8.59. The minimum Gasteiger partial charge on any atom is -0.356 e. The van der Waals surface area contributed by atoms with Crippen LogP contribution in [0.15, 0.2) is 29.3 Å². The third-order valence-corrected chi connectivity index (χ3v) is 5.31. The molecular formula is C22H35N5. The molecule has 1 heterocycles. The summed E-state index contributed by atoms with van der Waals surface area (Å²) < 4.78 is 1.95. The molecule has 2 aromatic rings. The molecule has 27 heavy (non-hydrogen) atoms. The van der Waals surface area contributed by atoms with Gasteiger partial charge in [-0.3, -0.25) is 9.67 Å². The van der Waals surface area contributed by atoms with E-state index in [1.165, 1.54) is 22.4 Å². The highest BCUT2D eigenvalue weighted by atomic mass is 15.3. The molecule has 2 N–H and O–H groups in total. The number of rotatable bonds is 6. The molecule has 0 aliphatic rings. The Balaban J connectivity index is 1.96. The highest BCUT2D eigenvalue weighted by Crippen LogP contribution is 2.22. The first-order chi connectivity index (χ1) is 12.6. The summed E-state index contributed by atoms with van der Waals surface area (Å²) in [6, 6.07) is 9.03. The van der Waals surface area contributed by atoms with Crippen molar-refractivity contribution in [3.05, 3.63) is 52.3 Å². The van der Waals surface area contributed by atoms with Gasteiger partial charge in [0.2, 0.25) is 0 Å². The van der Waals surface area contributed by atoms with E-state index in [4.69, 9.17) is 0 Å². The zero-order valence-corrected chi connectivity index (χ0v) is 18.1. The van der Waals surface area contributed by atoms with Crippen LogP contribution < -0.4 is 10.6 Å². The third kappa shape index (κ3) is 5.34. The number of nitrogens with zero attached hydrogens (tertiary/aromatic N) is 3. The van der Waals surface area contributed by atoms with Gasteiger partial charge in [0.25, 0.3) is 0 Å². The number of nitrogens with one attached hydrogen (secondary N) is 2. The predicted molar refractivity (Wildman–Crippen MR) is 115 cm³/mol. The monoisotopic (exact) mass is 369 g/mol. The summed E-state index contributed by atoms with van der Waals surface area (Å²) >= 11 is 0. The molecule has 1 aromatic heterocycles. The van der Waals surface area contributed by atoms with Crippen molar-refractivity contribution >= 4 is 5.96 Å². The van der Waals surface area contributed by atoms with Crippen molar-refractivity contribution in [3.63, 3.8) is 0 Å². The first kappa shape index (κ1) is 21.0. The van der Waals surface area contributed by atoms with E-state index in [0.29, 0.717) is 0 Å². The van der Waals surface area contributed by atoms with Crippen molar-refractivity contribution in [2.45, 2.75) is 59.4 Å². The molecular weight excluding hydrogens is 334 g/mol. The van der Waals surface area contributed by atoms with E-state index in [1.807, 2.05) is 18.8 Å². The summed E-state index contributed by atoms with van der Waals surface area (Å²) in [5, 5.41) is 11.5. The molecule has 5 heteroatoms. The third-order valence-electron chi connectivity index (χ3n) is 5.31. The molecule has 1 atom stereocenters. The minimum atomic E-state index is 0.0189. The van der Waals surface area contributed by atoms with Crippen LogP contribution in [0.2, 0.25) is 0 Å². The predicted octanol–water partition coefficient (Wildman–Crippen LogP) is 3.42. The Hall–Kier alpha value is -2.30. The fraction of sp³-hybridized carbons (Fsp3) is 0.545. The lowest BCUT2D eigenvalue weighted by molar-refractivity contribution is 0.504. The van der Waals surface area contributed by atoms with Crippen LogP contribution in [0.1, 0.15) is 48.8 Å².